The van der Waals surface area contributed by atoms with Crippen molar-refractivity contribution in [1.29, 1.82) is 0 Å². The molecule has 0 heterocycles. The molecule has 0 aliphatic carbocycles. The van der Waals surface area contributed by atoms with Crippen LogP contribution in [0.1, 0.15) is 20.8 Å². The molecule has 0 bridgehead atoms. The summed E-state index contributed by atoms with van der Waals surface area (Å²) in [5, 5.41) is 11.4. The van der Waals surface area contributed by atoms with E-state index in [2.05, 4.69) is 11.2 Å². The normalized spacial score (nSPS) is 10.3. The number of amides is 2. The number of carboxylic acids is 1. The van der Waals surface area contributed by atoms with Gasteiger partial charge in [0, 0.05) is 6.54 Å². The Kier molecular flexibility index (Phi) is 4.65. The lowest BCUT2D eigenvalue weighted by molar-refractivity contribution is -0.147. The van der Waals surface area contributed by atoms with Crippen molar-refractivity contribution in [3.8, 4) is 12.3 Å². The number of carbonyl (C=O) groups is 2. The summed E-state index contributed by atoms with van der Waals surface area (Å²) in [5.74, 6) is 1.20. The smallest absolute Gasteiger partial charge is 0.329 e. The molecule has 0 aromatic rings. The SMILES string of the molecule is C#CCNC(=O)N(CC)C(C)(C)C(=O)O. The topological polar surface area (TPSA) is 69.6 Å². The molecule has 0 saturated carbocycles. The van der Waals surface area contributed by atoms with Gasteiger partial charge in [0.2, 0.25) is 0 Å². The maximum Gasteiger partial charge on any atom is 0.329 e. The zero-order valence-corrected chi connectivity index (χ0v) is 9.20. The van der Waals surface area contributed by atoms with Gasteiger partial charge in [0.05, 0.1) is 6.54 Å². The first-order valence-corrected chi connectivity index (χ1v) is 4.60. The maximum absolute atomic E-state index is 11.5. The van der Waals surface area contributed by atoms with E-state index in [0.29, 0.717) is 6.54 Å². The molecule has 0 rings (SSSR count). The highest BCUT2D eigenvalue weighted by atomic mass is 16.4. The Morgan fingerprint density at radius 1 is 1.53 bits per heavy atom. The van der Waals surface area contributed by atoms with Crippen LogP contribution >= 0.6 is 0 Å². The third-order valence-electron chi connectivity index (χ3n) is 2.10. The first-order valence-electron chi connectivity index (χ1n) is 4.60. The molecule has 0 aromatic carbocycles. The Labute approximate surface area is 89.4 Å². The fourth-order valence-electron chi connectivity index (χ4n) is 1.13. The zero-order valence-electron chi connectivity index (χ0n) is 9.20. The van der Waals surface area contributed by atoms with Gasteiger partial charge >= 0.3 is 12.0 Å². The van der Waals surface area contributed by atoms with Crippen LogP contribution in [-0.2, 0) is 4.79 Å². The predicted octanol–water partition coefficient (Wildman–Crippen LogP) is 0.514. The lowest BCUT2D eigenvalue weighted by Crippen LogP contribution is -2.56. The molecule has 0 spiro atoms. The Balaban J connectivity index is 4.69. The van der Waals surface area contributed by atoms with Gasteiger partial charge in [-0.25, -0.2) is 9.59 Å². The van der Waals surface area contributed by atoms with E-state index in [0.717, 1.165) is 0 Å². The molecule has 0 fully saturated rings. The van der Waals surface area contributed by atoms with Crippen LogP contribution in [0.5, 0.6) is 0 Å². The molecule has 5 heteroatoms. The van der Waals surface area contributed by atoms with Gasteiger partial charge in [0.1, 0.15) is 5.54 Å². The third-order valence-corrected chi connectivity index (χ3v) is 2.10. The molecular weight excluding hydrogens is 196 g/mol. The highest BCUT2D eigenvalue weighted by Gasteiger charge is 2.36. The first kappa shape index (κ1) is 13.3. The summed E-state index contributed by atoms with van der Waals surface area (Å²) in [5.41, 5.74) is -1.24. The second-order valence-electron chi connectivity index (χ2n) is 3.47. The number of hydrogen-bond acceptors (Lipinski definition) is 2. The molecule has 0 atom stereocenters. The van der Waals surface area contributed by atoms with Gasteiger partial charge in [-0.15, -0.1) is 6.42 Å². The van der Waals surface area contributed by atoms with Crippen molar-refractivity contribution in [1.82, 2.24) is 10.2 Å². The van der Waals surface area contributed by atoms with E-state index in [-0.39, 0.29) is 6.54 Å². The number of urea groups is 1. The Bertz CT molecular complexity index is 292. The highest BCUT2D eigenvalue weighted by Crippen LogP contribution is 2.14. The highest BCUT2D eigenvalue weighted by molar-refractivity contribution is 5.85. The number of terminal acetylenes is 1. The summed E-state index contributed by atoms with van der Waals surface area (Å²) in [4.78, 5) is 23.7. The molecule has 0 unspecified atom stereocenters. The minimum atomic E-state index is -1.24. The van der Waals surface area contributed by atoms with Crippen molar-refractivity contribution in [2.24, 2.45) is 0 Å². The molecule has 0 saturated heterocycles. The van der Waals surface area contributed by atoms with E-state index in [1.165, 1.54) is 18.7 Å². The second kappa shape index (κ2) is 5.25. The van der Waals surface area contributed by atoms with Crippen LogP contribution in [-0.4, -0.2) is 40.6 Å². The standard InChI is InChI=1S/C10H16N2O3/c1-5-7-11-9(15)12(6-2)10(3,4)8(13)14/h1H,6-7H2,2-4H3,(H,11,15)(H,13,14). The van der Waals surface area contributed by atoms with E-state index >= 15 is 0 Å². The van der Waals surface area contributed by atoms with Gasteiger partial charge < -0.3 is 15.3 Å². The Morgan fingerprint density at radius 3 is 2.40 bits per heavy atom. The zero-order chi connectivity index (χ0) is 12.1. The van der Waals surface area contributed by atoms with E-state index in [9.17, 15) is 9.59 Å². The van der Waals surface area contributed by atoms with Gasteiger partial charge in [-0.2, -0.15) is 0 Å². The average Bonchev–Trinajstić information content (AvgIpc) is 2.15. The van der Waals surface area contributed by atoms with E-state index in [4.69, 9.17) is 11.5 Å². The molecule has 0 aliphatic rings. The van der Waals surface area contributed by atoms with Crippen LogP contribution in [0, 0.1) is 12.3 Å². The summed E-state index contributed by atoms with van der Waals surface area (Å²) in [7, 11) is 0. The Morgan fingerprint density at radius 2 is 2.07 bits per heavy atom. The summed E-state index contributed by atoms with van der Waals surface area (Å²) >= 11 is 0. The molecule has 0 aliphatic heterocycles. The van der Waals surface area contributed by atoms with Crippen LogP contribution < -0.4 is 5.32 Å². The molecule has 84 valence electrons. The Hall–Kier alpha value is -1.70. The fraction of sp³-hybridized carbons (Fsp3) is 0.600. The van der Waals surface area contributed by atoms with Crippen molar-refractivity contribution < 1.29 is 14.7 Å². The van der Waals surface area contributed by atoms with Gasteiger partial charge in [-0.1, -0.05) is 5.92 Å². The van der Waals surface area contributed by atoms with E-state index < -0.39 is 17.5 Å². The summed E-state index contributed by atoms with van der Waals surface area (Å²) < 4.78 is 0. The molecule has 0 aromatic heterocycles. The third kappa shape index (κ3) is 3.17. The molecule has 0 radical (unpaired) electrons. The molecular formula is C10H16N2O3. The second-order valence-corrected chi connectivity index (χ2v) is 3.47. The number of carbonyl (C=O) groups excluding carboxylic acids is 1. The lowest BCUT2D eigenvalue weighted by atomic mass is 10.0. The van der Waals surface area contributed by atoms with Gasteiger partial charge in [-0.3, -0.25) is 0 Å². The minimum absolute atomic E-state index is 0.0883. The van der Waals surface area contributed by atoms with Crippen LogP contribution in [0.2, 0.25) is 0 Å². The quantitative estimate of drug-likeness (QED) is 0.667. The monoisotopic (exact) mass is 212 g/mol. The number of likely N-dealkylation sites (N-methyl/N-ethyl adjacent to an activating group) is 1. The number of nitrogens with one attached hydrogen (secondary N) is 1. The van der Waals surface area contributed by atoms with Crippen LogP contribution in [0.4, 0.5) is 4.79 Å². The summed E-state index contributed by atoms with van der Waals surface area (Å²) in [6, 6.07) is -0.470. The van der Waals surface area contributed by atoms with Crippen LogP contribution in [0.3, 0.4) is 0 Å². The van der Waals surface area contributed by atoms with Gasteiger partial charge in [0.15, 0.2) is 0 Å². The minimum Gasteiger partial charge on any atom is -0.480 e. The fourth-order valence-corrected chi connectivity index (χ4v) is 1.13. The van der Waals surface area contributed by atoms with Crippen molar-refractivity contribution in [2.75, 3.05) is 13.1 Å². The largest absolute Gasteiger partial charge is 0.480 e. The van der Waals surface area contributed by atoms with Crippen LogP contribution in [0.15, 0.2) is 0 Å². The average molecular weight is 212 g/mol. The van der Waals surface area contributed by atoms with Gasteiger partial charge in [0.25, 0.3) is 0 Å². The molecule has 2 amide bonds. The summed E-state index contributed by atoms with van der Waals surface area (Å²) in [6.07, 6.45) is 4.99. The molecule has 15 heavy (non-hydrogen) atoms. The van der Waals surface area contributed by atoms with E-state index in [1.54, 1.807) is 6.92 Å². The maximum atomic E-state index is 11.5. The van der Waals surface area contributed by atoms with Gasteiger partial charge in [-0.05, 0) is 20.8 Å². The lowest BCUT2D eigenvalue weighted by Gasteiger charge is -2.33. The van der Waals surface area contributed by atoms with Crippen LogP contribution in [0.25, 0.3) is 0 Å². The first-order chi connectivity index (χ1) is 6.87. The number of nitrogens with zero attached hydrogens (tertiary/aromatic N) is 1. The number of carboxylic acid groups (broad SMARTS) is 1. The van der Waals surface area contributed by atoms with Crippen molar-refractivity contribution >= 4 is 12.0 Å². The number of rotatable bonds is 4. The number of aliphatic carboxylic acids is 1. The predicted molar refractivity (Wildman–Crippen MR) is 56.3 cm³/mol. The summed E-state index contributed by atoms with van der Waals surface area (Å²) in [6.45, 7) is 5.03. The van der Waals surface area contributed by atoms with Crippen molar-refractivity contribution in [3.63, 3.8) is 0 Å². The molecule has 5 nitrogen and oxygen atoms in total. The van der Waals surface area contributed by atoms with Crippen molar-refractivity contribution in [3.05, 3.63) is 0 Å². The van der Waals surface area contributed by atoms with Crippen molar-refractivity contribution in [2.45, 2.75) is 26.3 Å². The van der Waals surface area contributed by atoms with E-state index in [1.807, 2.05) is 0 Å². The molecule has 2 N–H and O–H groups in total. The number of hydrogen-bond donors (Lipinski definition) is 2.